The third-order valence-corrected chi connectivity index (χ3v) is 2.75. The van der Waals surface area contributed by atoms with Crippen LogP contribution in [0.3, 0.4) is 0 Å². The third kappa shape index (κ3) is 1.62. The maximum absolute atomic E-state index is 3.78. The van der Waals surface area contributed by atoms with Crippen molar-refractivity contribution in [2.75, 3.05) is 0 Å². The first-order valence-corrected chi connectivity index (χ1v) is 4.35. The maximum Gasteiger partial charge on any atom is -0.0322 e. The first-order chi connectivity index (χ1) is 4.74. The molecular weight excluding hydrogens is 120 g/mol. The minimum Gasteiger partial charge on any atom is -0.103 e. The van der Waals surface area contributed by atoms with E-state index >= 15 is 0 Å². The lowest BCUT2D eigenvalue weighted by molar-refractivity contribution is 0.424. The van der Waals surface area contributed by atoms with Crippen molar-refractivity contribution in [1.82, 2.24) is 0 Å². The van der Waals surface area contributed by atoms with Gasteiger partial charge in [-0.15, -0.1) is 6.58 Å². The number of hydrogen-bond donors (Lipinski definition) is 0. The van der Waals surface area contributed by atoms with Gasteiger partial charge in [0.05, 0.1) is 0 Å². The lowest BCUT2D eigenvalue weighted by Crippen LogP contribution is -2.01. The smallest absolute Gasteiger partial charge is 0.0322 e. The second-order valence-corrected chi connectivity index (χ2v) is 3.84. The molecule has 0 heteroatoms. The fourth-order valence-corrected chi connectivity index (χ4v) is 2.22. The van der Waals surface area contributed by atoms with E-state index in [9.17, 15) is 0 Å². The van der Waals surface area contributed by atoms with E-state index in [1.807, 2.05) is 0 Å². The van der Waals surface area contributed by atoms with Crippen LogP contribution in [0.2, 0.25) is 0 Å². The van der Waals surface area contributed by atoms with Gasteiger partial charge >= 0.3 is 0 Å². The zero-order chi connectivity index (χ0) is 7.56. The fraction of sp³-hybridized carbons (Fsp3) is 0.800. The van der Waals surface area contributed by atoms with Crippen LogP contribution in [0.4, 0.5) is 0 Å². The minimum absolute atomic E-state index is 0.937. The van der Waals surface area contributed by atoms with Gasteiger partial charge in [-0.25, -0.2) is 0 Å². The lowest BCUT2D eigenvalue weighted by atomic mass is 9.95. The predicted octanol–water partition coefficient (Wildman–Crippen LogP) is 3.24. The summed E-state index contributed by atoms with van der Waals surface area (Å²) in [6.07, 6.45) is 6.15. The summed E-state index contributed by atoms with van der Waals surface area (Å²) >= 11 is 0. The van der Waals surface area contributed by atoms with Gasteiger partial charge in [0.15, 0.2) is 0 Å². The molecule has 10 heavy (non-hydrogen) atoms. The molecule has 0 saturated heterocycles. The Morgan fingerprint density at radius 1 is 1.40 bits per heavy atom. The van der Waals surface area contributed by atoms with E-state index in [0.717, 1.165) is 17.8 Å². The first kappa shape index (κ1) is 7.84. The van der Waals surface area contributed by atoms with Gasteiger partial charge in [0, 0.05) is 0 Å². The summed E-state index contributed by atoms with van der Waals surface area (Å²) in [5, 5.41) is 0. The zero-order valence-electron chi connectivity index (χ0n) is 7.14. The molecule has 3 unspecified atom stereocenters. The van der Waals surface area contributed by atoms with E-state index in [1.165, 1.54) is 19.3 Å². The average molecular weight is 138 g/mol. The average Bonchev–Trinajstić information content (AvgIpc) is 2.13. The highest BCUT2D eigenvalue weighted by atomic mass is 14.3. The lowest BCUT2D eigenvalue weighted by Gasteiger charge is -2.10. The molecule has 58 valence electrons. The van der Waals surface area contributed by atoms with E-state index in [1.54, 1.807) is 0 Å². The molecule has 0 aromatic heterocycles. The number of rotatable bonds is 2. The molecule has 0 amide bonds. The Balaban J connectivity index is 2.38. The van der Waals surface area contributed by atoms with Gasteiger partial charge in [0.1, 0.15) is 0 Å². The number of hydrogen-bond acceptors (Lipinski definition) is 0. The molecule has 0 heterocycles. The molecule has 0 aromatic carbocycles. The van der Waals surface area contributed by atoms with Crippen LogP contribution >= 0.6 is 0 Å². The molecule has 0 spiro atoms. The third-order valence-electron chi connectivity index (χ3n) is 2.75. The molecule has 0 bridgehead atoms. The van der Waals surface area contributed by atoms with Crippen LogP contribution in [0.5, 0.6) is 0 Å². The molecule has 1 saturated carbocycles. The minimum atomic E-state index is 0.937. The van der Waals surface area contributed by atoms with Crippen LogP contribution in [-0.2, 0) is 0 Å². The van der Waals surface area contributed by atoms with Crippen LogP contribution in [0.25, 0.3) is 0 Å². The van der Waals surface area contributed by atoms with Gasteiger partial charge in [-0.2, -0.15) is 0 Å². The van der Waals surface area contributed by atoms with Gasteiger partial charge in [-0.1, -0.05) is 19.9 Å². The molecule has 0 radical (unpaired) electrons. The van der Waals surface area contributed by atoms with Crippen molar-refractivity contribution in [2.45, 2.75) is 33.1 Å². The van der Waals surface area contributed by atoms with E-state index < -0.39 is 0 Å². The van der Waals surface area contributed by atoms with Gasteiger partial charge in [0.2, 0.25) is 0 Å². The Morgan fingerprint density at radius 2 is 2.10 bits per heavy atom. The molecule has 1 fully saturated rings. The predicted molar refractivity (Wildman–Crippen MR) is 45.9 cm³/mol. The Bertz CT molecular complexity index is 115. The van der Waals surface area contributed by atoms with Crippen molar-refractivity contribution >= 4 is 0 Å². The summed E-state index contributed by atoms with van der Waals surface area (Å²) in [6.45, 7) is 8.52. The quantitative estimate of drug-likeness (QED) is 0.514. The summed E-state index contributed by atoms with van der Waals surface area (Å²) in [7, 11) is 0. The van der Waals surface area contributed by atoms with E-state index in [4.69, 9.17) is 0 Å². The standard InChI is InChI=1S/C10H18/c1-4-5-10-7-8(2)6-9(10)3/h4,8-10H,1,5-7H2,2-3H3. The van der Waals surface area contributed by atoms with Crippen molar-refractivity contribution in [1.29, 1.82) is 0 Å². The Kier molecular flexibility index (Phi) is 2.53. The molecule has 0 aromatic rings. The molecule has 1 rings (SSSR count). The van der Waals surface area contributed by atoms with Gasteiger partial charge < -0.3 is 0 Å². The van der Waals surface area contributed by atoms with Gasteiger partial charge in [-0.05, 0) is 37.0 Å². The highest BCUT2D eigenvalue weighted by Gasteiger charge is 2.26. The van der Waals surface area contributed by atoms with Crippen LogP contribution in [-0.4, -0.2) is 0 Å². The Hall–Kier alpha value is -0.260. The summed E-state index contributed by atoms with van der Waals surface area (Å²) < 4.78 is 0. The molecule has 3 atom stereocenters. The Morgan fingerprint density at radius 3 is 2.50 bits per heavy atom. The first-order valence-electron chi connectivity index (χ1n) is 4.35. The molecule has 0 nitrogen and oxygen atoms in total. The van der Waals surface area contributed by atoms with Crippen molar-refractivity contribution in [3.05, 3.63) is 12.7 Å². The van der Waals surface area contributed by atoms with Crippen molar-refractivity contribution in [2.24, 2.45) is 17.8 Å². The van der Waals surface area contributed by atoms with Crippen LogP contribution < -0.4 is 0 Å². The van der Waals surface area contributed by atoms with Crippen LogP contribution in [0.1, 0.15) is 33.1 Å². The summed E-state index contributed by atoms with van der Waals surface area (Å²) in [6, 6.07) is 0. The molecule has 0 aliphatic heterocycles. The second kappa shape index (κ2) is 3.23. The molecular formula is C10H18. The second-order valence-electron chi connectivity index (χ2n) is 3.84. The van der Waals surface area contributed by atoms with E-state index in [2.05, 4.69) is 26.5 Å². The van der Waals surface area contributed by atoms with Gasteiger partial charge in [-0.3, -0.25) is 0 Å². The van der Waals surface area contributed by atoms with Crippen molar-refractivity contribution < 1.29 is 0 Å². The fourth-order valence-electron chi connectivity index (χ4n) is 2.22. The maximum atomic E-state index is 3.78. The number of allylic oxidation sites excluding steroid dienone is 1. The zero-order valence-corrected chi connectivity index (χ0v) is 7.14. The van der Waals surface area contributed by atoms with E-state index in [0.29, 0.717) is 0 Å². The highest BCUT2D eigenvalue weighted by Crippen LogP contribution is 2.37. The van der Waals surface area contributed by atoms with Crippen LogP contribution in [0.15, 0.2) is 12.7 Å². The SMILES string of the molecule is C=CCC1CC(C)CC1C. The monoisotopic (exact) mass is 138 g/mol. The Labute approximate surface area is 64.3 Å². The van der Waals surface area contributed by atoms with Gasteiger partial charge in [0.25, 0.3) is 0 Å². The van der Waals surface area contributed by atoms with Crippen LogP contribution in [0, 0.1) is 17.8 Å². The van der Waals surface area contributed by atoms with Crippen molar-refractivity contribution in [3.8, 4) is 0 Å². The highest BCUT2D eigenvalue weighted by molar-refractivity contribution is 4.83. The molecule has 1 aliphatic carbocycles. The largest absolute Gasteiger partial charge is 0.103 e. The normalized spacial score (nSPS) is 40.0. The molecule has 0 N–H and O–H groups in total. The molecule has 1 aliphatic rings. The topological polar surface area (TPSA) is 0 Å². The summed E-state index contributed by atoms with van der Waals surface area (Å²) in [4.78, 5) is 0. The summed E-state index contributed by atoms with van der Waals surface area (Å²) in [5.74, 6) is 2.83. The van der Waals surface area contributed by atoms with Crippen molar-refractivity contribution in [3.63, 3.8) is 0 Å². The summed E-state index contributed by atoms with van der Waals surface area (Å²) in [5.41, 5.74) is 0. The van der Waals surface area contributed by atoms with E-state index in [-0.39, 0.29) is 0 Å².